The molecule has 0 unspecified atom stereocenters. The van der Waals surface area contributed by atoms with Crippen LogP contribution in [-0.4, -0.2) is 38.7 Å². The second-order valence-corrected chi connectivity index (χ2v) is 6.19. The van der Waals surface area contributed by atoms with Gasteiger partial charge in [0, 0.05) is 11.6 Å². The van der Waals surface area contributed by atoms with Crippen molar-refractivity contribution in [3.8, 4) is 23.0 Å². The van der Waals surface area contributed by atoms with Gasteiger partial charge in [0.25, 0.3) is 0 Å². The average Bonchev–Trinajstić information content (AvgIpc) is 3.02. The van der Waals surface area contributed by atoms with Gasteiger partial charge in [-0.15, -0.1) is 0 Å². The molecule has 7 heteroatoms. The molecule has 2 aromatic rings. The number of esters is 1. The molecule has 1 aliphatic rings. The average molecular weight is 398 g/mol. The van der Waals surface area contributed by atoms with Crippen LogP contribution in [-0.2, 0) is 9.53 Å². The van der Waals surface area contributed by atoms with Crippen molar-refractivity contribution < 1.29 is 33.3 Å². The minimum atomic E-state index is -0.777. The van der Waals surface area contributed by atoms with Crippen LogP contribution < -0.4 is 18.9 Å². The number of allylic oxidation sites excluding steroid dienone is 1. The SMILES string of the molecule is CCOC(=O)[C@H](C)Oc1ccc2c(c1)OC(=Cc1cccc(OC)c1OC)C2=O. The molecule has 1 atom stereocenters. The van der Waals surface area contributed by atoms with E-state index in [4.69, 9.17) is 23.7 Å². The van der Waals surface area contributed by atoms with E-state index < -0.39 is 12.1 Å². The second kappa shape index (κ2) is 8.68. The van der Waals surface area contributed by atoms with Crippen LogP contribution in [0.1, 0.15) is 29.8 Å². The topological polar surface area (TPSA) is 80.3 Å². The summed E-state index contributed by atoms with van der Waals surface area (Å²) in [7, 11) is 3.07. The van der Waals surface area contributed by atoms with Crippen molar-refractivity contribution in [2.45, 2.75) is 20.0 Å². The normalized spacial score (nSPS) is 14.8. The monoisotopic (exact) mass is 398 g/mol. The summed E-state index contributed by atoms with van der Waals surface area (Å²) in [5.74, 6) is 1.25. The summed E-state index contributed by atoms with van der Waals surface area (Å²) >= 11 is 0. The number of rotatable bonds is 7. The molecule has 0 radical (unpaired) electrons. The van der Waals surface area contributed by atoms with E-state index in [2.05, 4.69) is 0 Å². The van der Waals surface area contributed by atoms with Crippen LogP contribution >= 0.6 is 0 Å². The Morgan fingerprint density at radius 1 is 1.17 bits per heavy atom. The van der Waals surface area contributed by atoms with Gasteiger partial charge < -0.3 is 23.7 Å². The lowest BCUT2D eigenvalue weighted by molar-refractivity contribution is -0.150. The van der Waals surface area contributed by atoms with Gasteiger partial charge in [-0.1, -0.05) is 12.1 Å². The summed E-state index contributed by atoms with van der Waals surface area (Å²) in [6.45, 7) is 3.60. The molecule has 0 saturated heterocycles. The third-order valence-corrected chi connectivity index (χ3v) is 4.29. The Hall–Kier alpha value is -3.48. The fourth-order valence-electron chi connectivity index (χ4n) is 2.92. The van der Waals surface area contributed by atoms with Crippen molar-refractivity contribution in [2.75, 3.05) is 20.8 Å². The van der Waals surface area contributed by atoms with Crippen LogP contribution in [0.15, 0.2) is 42.2 Å². The molecule has 0 saturated carbocycles. The molecular formula is C22H22O7. The van der Waals surface area contributed by atoms with Crippen molar-refractivity contribution in [1.29, 1.82) is 0 Å². The zero-order chi connectivity index (χ0) is 21.0. The van der Waals surface area contributed by atoms with Crippen LogP contribution in [0.5, 0.6) is 23.0 Å². The minimum absolute atomic E-state index is 0.155. The second-order valence-electron chi connectivity index (χ2n) is 6.19. The quantitative estimate of drug-likeness (QED) is 0.520. The van der Waals surface area contributed by atoms with Gasteiger partial charge in [-0.2, -0.15) is 0 Å². The van der Waals surface area contributed by atoms with E-state index in [1.807, 2.05) is 0 Å². The van der Waals surface area contributed by atoms with E-state index in [9.17, 15) is 9.59 Å². The lowest BCUT2D eigenvalue weighted by Gasteiger charge is -2.13. The first kappa shape index (κ1) is 20.3. The van der Waals surface area contributed by atoms with E-state index in [0.29, 0.717) is 34.1 Å². The molecule has 29 heavy (non-hydrogen) atoms. The van der Waals surface area contributed by atoms with Crippen molar-refractivity contribution in [3.63, 3.8) is 0 Å². The molecule has 0 amide bonds. The van der Waals surface area contributed by atoms with Gasteiger partial charge in [-0.05, 0) is 38.1 Å². The number of benzene rings is 2. The highest BCUT2D eigenvalue weighted by atomic mass is 16.6. The Labute approximate surface area is 168 Å². The highest BCUT2D eigenvalue weighted by Gasteiger charge is 2.29. The number of para-hydroxylation sites is 1. The standard InChI is InChI=1S/C22H22O7/c1-5-27-22(24)13(2)28-15-9-10-16-18(12-15)29-19(20(16)23)11-14-7-6-8-17(25-3)21(14)26-4/h6-13H,5H2,1-4H3/t13-/m0/s1. The number of hydrogen-bond donors (Lipinski definition) is 0. The summed E-state index contributed by atoms with van der Waals surface area (Å²) in [5.41, 5.74) is 1.06. The molecule has 0 spiro atoms. The number of hydrogen-bond acceptors (Lipinski definition) is 7. The molecule has 0 aromatic heterocycles. The predicted octanol–water partition coefficient (Wildman–Crippen LogP) is 3.65. The van der Waals surface area contributed by atoms with Crippen LogP contribution in [0.3, 0.4) is 0 Å². The van der Waals surface area contributed by atoms with Gasteiger partial charge in [0.15, 0.2) is 23.4 Å². The first-order valence-corrected chi connectivity index (χ1v) is 9.11. The Morgan fingerprint density at radius 3 is 2.66 bits per heavy atom. The minimum Gasteiger partial charge on any atom is -0.493 e. The number of carbonyl (C=O) groups excluding carboxylic acids is 2. The van der Waals surface area contributed by atoms with Gasteiger partial charge in [-0.3, -0.25) is 4.79 Å². The van der Waals surface area contributed by atoms with E-state index in [-0.39, 0.29) is 18.1 Å². The van der Waals surface area contributed by atoms with E-state index in [0.717, 1.165) is 0 Å². The molecule has 7 nitrogen and oxygen atoms in total. The molecule has 3 rings (SSSR count). The summed E-state index contributed by atoms with van der Waals surface area (Å²) in [6.07, 6.45) is 0.826. The molecule has 0 bridgehead atoms. The molecular weight excluding hydrogens is 376 g/mol. The van der Waals surface area contributed by atoms with E-state index >= 15 is 0 Å². The first-order chi connectivity index (χ1) is 14.0. The molecule has 1 aliphatic heterocycles. The number of methoxy groups -OCH3 is 2. The summed E-state index contributed by atoms with van der Waals surface area (Å²) in [6, 6.07) is 10.2. The maximum atomic E-state index is 12.7. The van der Waals surface area contributed by atoms with Crippen molar-refractivity contribution in [1.82, 2.24) is 0 Å². The number of ketones is 1. The molecule has 0 N–H and O–H groups in total. The van der Waals surface area contributed by atoms with Crippen LogP contribution in [0.25, 0.3) is 6.08 Å². The van der Waals surface area contributed by atoms with Gasteiger partial charge in [0.05, 0.1) is 26.4 Å². The molecule has 0 fully saturated rings. The third-order valence-electron chi connectivity index (χ3n) is 4.29. The van der Waals surface area contributed by atoms with Crippen LogP contribution in [0, 0.1) is 0 Å². The maximum absolute atomic E-state index is 12.7. The van der Waals surface area contributed by atoms with E-state index in [1.165, 1.54) is 7.11 Å². The summed E-state index contributed by atoms with van der Waals surface area (Å²) < 4.78 is 26.9. The number of ether oxygens (including phenoxy) is 5. The van der Waals surface area contributed by atoms with Gasteiger partial charge in [-0.25, -0.2) is 4.79 Å². The van der Waals surface area contributed by atoms with E-state index in [1.54, 1.807) is 63.4 Å². The largest absolute Gasteiger partial charge is 0.493 e. The first-order valence-electron chi connectivity index (χ1n) is 9.11. The maximum Gasteiger partial charge on any atom is 0.347 e. The molecule has 2 aromatic carbocycles. The molecule has 0 aliphatic carbocycles. The number of Topliss-reactive ketones (excluding diaryl/α,β-unsaturated/α-hetero) is 1. The molecule has 1 heterocycles. The Morgan fingerprint density at radius 2 is 1.97 bits per heavy atom. The van der Waals surface area contributed by atoms with Crippen LogP contribution in [0.4, 0.5) is 0 Å². The zero-order valence-corrected chi connectivity index (χ0v) is 16.7. The number of carbonyl (C=O) groups is 2. The Balaban J connectivity index is 1.84. The summed E-state index contributed by atoms with van der Waals surface area (Å²) in [4.78, 5) is 24.4. The highest BCUT2D eigenvalue weighted by Crippen LogP contribution is 2.37. The Kier molecular flexibility index (Phi) is 6.07. The van der Waals surface area contributed by atoms with Crippen molar-refractivity contribution in [3.05, 3.63) is 53.3 Å². The Bertz CT molecular complexity index is 962. The predicted molar refractivity (Wildman–Crippen MR) is 106 cm³/mol. The third kappa shape index (κ3) is 4.18. The number of fused-ring (bicyclic) bond motifs is 1. The van der Waals surface area contributed by atoms with Crippen LogP contribution in [0.2, 0.25) is 0 Å². The van der Waals surface area contributed by atoms with Gasteiger partial charge in [0.2, 0.25) is 5.78 Å². The van der Waals surface area contributed by atoms with Gasteiger partial charge >= 0.3 is 5.97 Å². The highest BCUT2D eigenvalue weighted by molar-refractivity contribution is 6.14. The lowest BCUT2D eigenvalue weighted by atomic mass is 10.1. The fraction of sp³-hybridized carbons (Fsp3) is 0.273. The van der Waals surface area contributed by atoms with Crippen molar-refractivity contribution >= 4 is 17.8 Å². The smallest absolute Gasteiger partial charge is 0.347 e. The lowest BCUT2D eigenvalue weighted by Crippen LogP contribution is -2.26. The van der Waals surface area contributed by atoms with Crippen molar-refractivity contribution in [2.24, 2.45) is 0 Å². The molecule has 152 valence electrons. The fourth-order valence-corrected chi connectivity index (χ4v) is 2.92. The van der Waals surface area contributed by atoms with Gasteiger partial charge in [0.1, 0.15) is 11.5 Å². The summed E-state index contributed by atoms with van der Waals surface area (Å²) in [5, 5.41) is 0. The zero-order valence-electron chi connectivity index (χ0n) is 16.7.